The quantitative estimate of drug-likeness (QED) is 0.787. The van der Waals surface area contributed by atoms with E-state index in [1.54, 1.807) is 0 Å². The number of nitrogens with one attached hydrogen (secondary N) is 1. The van der Waals surface area contributed by atoms with Crippen LogP contribution < -0.4 is 10.2 Å². The van der Waals surface area contributed by atoms with Crippen molar-refractivity contribution >= 4 is 15.5 Å². The monoisotopic (exact) mass is 440 g/mol. The van der Waals surface area contributed by atoms with Crippen molar-refractivity contribution in [2.45, 2.75) is 44.3 Å². The van der Waals surface area contributed by atoms with Crippen molar-refractivity contribution < 1.29 is 8.42 Å². The van der Waals surface area contributed by atoms with E-state index in [1.807, 2.05) is 12.3 Å². The molecule has 0 bridgehead atoms. The van der Waals surface area contributed by atoms with Crippen LogP contribution in [-0.4, -0.2) is 62.5 Å². The summed E-state index contributed by atoms with van der Waals surface area (Å²) in [5.41, 5.74) is 6.61. The van der Waals surface area contributed by atoms with E-state index in [0.29, 0.717) is 25.2 Å². The van der Waals surface area contributed by atoms with Gasteiger partial charge in [-0.1, -0.05) is 18.2 Å². The number of aryl methyl sites for hydroxylation is 1. The second-order valence-corrected chi connectivity index (χ2v) is 11.5. The van der Waals surface area contributed by atoms with Gasteiger partial charge in [-0.05, 0) is 61.6 Å². The first kappa shape index (κ1) is 20.9. The lowest BCUT2D eigenvalue weighted by Gasteiger charge is -2.38. The van der Waals surface area contributed by atoms with Gasteiger partial charge in [0.15, 0.2) is 9.84 Å². The fourth-order valence-electron chi connectivity index (χ4n) is 5.46. The third-order valence-electron chi connectivity index (χ3n) is 7.17. The molecule has 1 saturated heterocycles. The maximum absolute atomic E-state index is 11.9. The first-order chi connectivity index (χ1) is 15.0. The van der Waals surface area contributed by atoms with Gasteiger partial charge >= 0.3 is 0 Å². The highest BCUT2D eigenvalue weighted by atomic mass is 32.2. The standard InChI is InChI=1S/C24H32N4O2S/c1-27(23-9-2-5-18-7-4-10-25-24(18)23)17-20-15-21-19(16-26-20)6-3-8-22(21)28-11-13-31(29,30)14-12-28/h3-4,6-8,10,20,23,26H,2,5,9,11-17H2,1H3/t20-,23+/m1/s1. The van der Waals surface area contributed by atoms with E-state index >= 15 is 0 Å². The molecular formula is C24H32N4O2S. The van der Waals surface area contributed by atoms with Gasteiger partial charge in [0.05, 0.1) is 23.2 Å². The molecule has 2 aliphatic heterocycles. The Labute approximate surface area is 185 Å². The molecule has 0 amide bonds. The number of hydrogen-bond donors (Lipinski definition) is 1. The minimum atomic E-state index is -2.88. The molecule has 1 aromatic heterocycles. The summed E-state index contributed by atoms with van der Waals surface area (Å²) in [4.78, 5) is 9.47. The molecule has 1 aliphatic carbocycles. The van der Waals surface area contributed by atoms with Crippen LogP contribution in [0, 0.1) is 0 Å². The summed E-state index contributed by atoms with van der Waals surface area (Å²) in [6.45, 7) is 3.04. The Morgan fingerprint density at radius 2 is 1.97 bits per heavy atom. The zero-order chi connectivity index (χ0) is 21.4. The topological polar surface area (TPSA) is 65.5 Å². The van der Waals surface area contributed by atoms with Crippen LogP contribution >= 0.6 is 0 Å². The molecule has 2 aromatic rings. The normalized spacial score (nSPS) is 25.2. The molecule has 31 heavy (non-hydrogen) atoms. The number of aromatic nitrogens is 1. The average Bonchev–Trinajstić information content (AvgIpc) is 2.78. The lowest BCUT2D eigenvalue weighted by atomic mass is 9.89. The fourth-order valence-corrected chi connectivity index (χ4v) is 6.66. The predicted octanol–water partition coefficient (Wildman–Crippen LogP) is 2.34. The van der Waals surface area contributed by atoms with Gasteiger partial charge in [0.25, 0.3) is 0 Å². The number of nitrogens with zero attached hydrogens (tertiary/aromatic N) is 3. The molecule has 3 heterocycles. The van der Waals surface area contributed by atoms with Crippen molar-refractivity contribution in [2.75, 3.05) is 43.1 Å². The summed E-state index contributed by atoms with van der Waals surface area (Å²) in [5, 5.41) is 3.74. The van der Waals surface area contributed by atoms with Gasteiger partial charge < -0.3 is 10.2 Å². The highest BCUT2D eigenvalue weighted by molar-refractivity contribution is 7.91. The average molecular weight is 441 g/mol. The number of pyridine rings is 1. The number of anilines is 1. The smallest absolute Gasteiger partial charge is 0.153 e. The van der Waals surface area contributed by atoms with Crippen LogP contribution in [0.3, 0.4) is 0 Å². The Morgan fingerprint density at radius 1 is 1.16 bits per heavy atom. The number of benzene rings is 1. The summed E-state index contributed by atoms with van der Waals surface area (Å²) in [6, 6.07) is 11.5. The molecule has 1 fully saturated rings. The number of likely N-dealkylation sites (N-methyl/N-ethyl adjacent to an activating group) is 1. The molecular weight excluding hydrogens is 408 g/mol. The van der Waals surface area contributed by atoms with Crippen LogP contribution in [0.1, 0.15) is 41.3 Å². The largest absolute Gasteiger partial charge is 0.369 e. The Balaban J connectivity index is 1.31. The van der Waals surface area contributed by atoms with Gasteiger partial charge in [0.1, 0.15) is 0 Å². The number of hydrogen-bond acceptors (Lipinski definition) is 6. The maximum atomic E-state index is 11.9. The van der Waals surface area contributed by atoms with Crippen molar-refractivity contribution in [3.05, 3.63) is 58.9 Å². The minimum Gasteiger partial charge on any atom is -0.369 e. The van der Waals surface area contributed by atoms with E-state index in [0.717, 1.165) is 32.4 Å². The van der Waals surface area contributed by atoms with Gasteiger partial charge in [-0.3, -0.25) is 9.88 Å². The van der Waals surface area contributed by atoms with Crippen molar-refractivity contribution in [3.8, 4) is 0 Å². The molecule has 6 nitrogen and oxygen atoms in total. The Bertz CT molecular complexity index is 1040. The minimum absolute atomic E-state index is 0.259. The Hall–Kier alpha value is -1.96. The van der Waals surface area contributed by atoms with Crippen molar-refractivity contribution in [3.63, 3.8) is 0 Å². The summed E-state index contributed by atoms with van der Waals surface area (Å²) >= 11 is 0. The second-order valence-electron chi connectivity index (χ2n) is 9.23. The lowest BCUT2D eigenvalue weighted by Crippen LogP contribution is -2.46. The van der Waals surface area contributed by atoms with E-state index < -0.39 is 9.84 Å². The molecule has 5 rings (SSSR count). The Morgan fingerprint density at radius 3 is 2.81 bits per heavy atom. The molecule has 0 spiro atoms. The van der Waals surface area contributed by atoms with Crippen LogP contribution in [0.2, 0.25) is 0 Å². The summed E-state index contributed by atoms with van der Waals surface area (Å²) in [5.74, 6) is 0.518. The second kappa shape index (κ2) is 8.52. The van der Waals surface area contributed by atoms with E-state index in [2.05, 4.69) is 46.4 Å². The first-order valence-corrected chi connectivity index (χ1v) is 13.3. The predicted molar refractivity (Wildman–Crippen MR) is 124 cm³/mol. The third kappa shape index (κ3) is 4.36. The molecule has 1 N–H and O–H groups in total. The number of sulfone groups is 1. The van der Waals surface area contributed by atoms with Crippen molar-refractivity contribution in [1.29, 1.82) is 0 Å². The number of rotatable bonds is 4. The van der Waals surface area contributed by atoms with Crippen LogP contribution in [0.4, 0.5) is 5.69 Å². The van der Waals surface area contributed by atoms with E-state index in [4.69, 9.17) is 4.98 Å². The highest BCUT2D eigenvalue weighted by Gasteiger charge is 2.30. The molecule has 166 valence electrons. The van der Waals surface area contributed by atoms with Crippen LogP contribution in [0.15, 0.2) is 36.5 Å². The third-order valence-corrected chi connectivity index (χ3v) is 8.78. The zero-order valence-electron chi connectivity index (χ0n) is 18.3. The number of fused-ring (bicyclic) bond motifs is 2. The maximum Gasteiger partial charge on any atom is 0.153 e. The zero-order valence-corrected chi connectivity index (χ0v) is 19.1. The van der Waals surface area contributed by atoms with Gasteiger partial charge in [-0.15, -0.1) is 0 Å². The van der Waals surface area contributed by atoms with Gasteiger partial charge in [0.2, 0.25) is 0 Å². The first-order valence-electron chi connectivity index (χ1n) is 11.4. The summed E-state index contributed by atoms with van der Waals surface area (Å²) in [7, 11) is -0.646. The molecule has 0 radical (unpaired) electrons. The van der Waals surface area contributed by atoms with Gasteiger partial charge in [-0.2, -0.15) is 0 Å². The lowest BCUT2D eigenvalue weighted by molar-refractivity contribution is 0.191. The van der Waals surface area contributed by atoms with Crippen LogP contribution in [0.25, 0.3) is 0 Å². The summed E-state index contributed by atoms with van der Waals surface area (Å²) in [6.07, 6.45) is 6.41. The molecule has 2 atom stereocenters. The highest BCUT2D eigenvalue weighted by Crippen LogP contribution is 2.33. The van der Waals surface area contributed by atoms with Crippen LogP contribution in [0.5, 0.6) is 0 Å². The van der Waals surface area contributed by atoms with Gasteiger partial charge in [0, 0.05) is 44.1 Å². The van der Waals surface area contributed by atoms with Crippen LogP contribution in [-0.2, 0) is 29.2 Å². The molecule has 3 aliphatic rings. The van der Waals surface area contributed by atoms with E-state index in [1.165, 1.54) is 34.5 Å². The summed E-state index contributed by atoms with van der Waals surface area (Å²) < 4.78 is 23.8. The molecule has 1 aromatic carbocycles. The fraction of sp³-hybridized carbons (Fsp3) is 0.542. The van der Waals surface area contributed by atoms with E-state index in [-0.39, 0.29) is 11.5 Å². The van der Waals surface area contributed by atoms with E-state index in [9.17, 15) is 8.42 Å². The van der Waals surface area contributed by atoms with Crippen molar-refractivity contribution in [1.82, 2.24) is 15.2 Å². The molecule has 7 heteroatoms. The SMILES string of the molecule is CN(C[C@H]1Cc2c(cccc2N2CCS(=O)(=O)CC2)CN1)[C@H]1CCCc2cccnc21. The molecule has 0 unspecified atom stereocenters. The van der Waals surface area contributed by atoms with Crippen molar-refractivity contribution in [2.24, 2.45) is 0 Å². The van der Waals surface area contributed by atoms with Gasteiger partial charge in [-0.25, -0.2) is 8.42 Å². The molecule has 0 saturated carbocycles. The Kier molecular flexibility index (Phi) is 5.75.